The minimum atomic E-state index is -1.07. The Morgan fingerprint density at radius 1 is 1.22 bits per heavy atom. The van der Waals surface area contributed by atoms with Crippen LogP contribution in [0, 0.1) is 6.92 Å². The maximum atomic E-state index is 11.5. The summed E-state index contributed by atoms with van der Waals surface area (Å²) >= 11 is 1.71. The normalized spacial score (nSPS) is 11.9. The molecule has 1 unspecified atom stereocenters. The molecule has 0 bridgehead atoms. The first-order valence-corrected chi connectivity index (χ1v) is 9.69. The van der Waals surface area contributed by atoms with Crippen molar-refractivity contribution in [2.45, 2.75) is 31.2 Å². The van der Waals surface area contributed by atoms with Crippen molar-refractivity contribution in [1.29, 1.82) is 0 Å². The van der Waals surface area contributed by atoms with E-state index in [2.05, 4.69) is 35.1 Å². The average Bonchev–Trinajstić information content (AvgIpc) is 2.92. The zero-order valence-electron chi connectivity index (χ0n) is 16.4. The van der Waals surface area contributed by atoms with Crippen LogP contribution in [-0.2, 0) is 11.3 Å². The summed E-state index contributed by atoms with van der Waals surface area (Å²) in [5.41, 5.74) is 3.91. The van der Waals surface area contributed by atoms with E-state index in [1.165, 1.54) is 10.5 Å². The molecule has 3 aromatic rings. The summed E-state index contributed by atoms with van der Waals surface area (Å²) in [6.07, 6.45) is 2.06. The van der Waals surface area contributed by atoms with E-state index in [1.54, 1.807) is 25.8 Å². The Labute approximate surface area is 186 Å². The van der Waals surface area contributed by atoms with Gasteiger partial charge in [-0.3, -0.25) is 0 Å². The number of hydrogen-bond donors (Lipinski definition) is 0. The first-order valence-electron chi connectivity index (χ1n) is 8.46. The second-order valence-corrected chi connectivity index (χ2v) is 7.24. The summed E-state index contributed by atoms with van der Waals surface area (Å²) in [5.74, 6) is -1.05. The second kappa shape index (κ2) is 9.20. The van der Waals surface area contributed by atoms with Crippen molar-refractivity contribution in [1.82, 2.24) is 4.57 Å². The van der Waals surface area contributed by atoms with Gasteiger partial charge < -0.3 is 19.2 Å². The van der Waals surface area contributed by atoms with Crippen LogP contribution in [0.3, 0.4) is 0 Å². The van der Waals surface area contributed by atoms with Gasteiger partial charge in [-0.25, -0.2) is 0 Å². The molecule has 6 heteroatoms. The SMILES string of the molecule is COc1ccc2c(c1)c(C(C)C(=O)[O-])c(C)n2Cc1ccc(SC)cc1.[Na+]. The molecule has 0 aliphatic carbocycles. The van der Waals surface area contributed by atoms with Crippen molar-refractivity contribution in [3.8, 4) is 5.75 Å². The Morgan fingerprint density at radius 2 is 1.89 bits per heavy atom. The van der Waals surface area contributed by atoms with Gasteiger partial charge >= 0.3 is 29.6 Å². The molecule has 0 spiro atoms. The van der Waals surface area contributed by atoms with Crippen molar-refractivity contribution in [3.63, 3.8) is 0 Å². The molecule has 0 aliphatic heterocycles. The van der Waals surface area contributed by atoms with Gasteiger partial charge in [-0.05, 0) is 54.6 Å². The van der Waals surface area contributed by atoms with Crippen LogP contribution in [0.1, 0.15) is 29.7 Å². The van der Waals surface area contributed by atoms with Crippen LogP contribution in [-0.4, -0.2) is 23.9 Å². The van der Waals surface area contributed by atoms with Crippen LogP contribution >= 0.6 is 11.8 Å². The van der Waals surface area contributed by atoms with Gasteiger partial charge in [0, 0.05) is 39.9 Å². The summed E-state index contributed by atoms with van der Waals surface area (Å²) in [5, 5.41) is 12.4. The monoisotopic (exact) mass is 391 g/mol. The molecule has 2 aromatic carbocycles. The average molecular weight is 391 g/mol. The molecule has 0 radical (unpaired) electrons. The third kappa shape index (κ3) is 4.37. The van der Waals surface area contributed by atoms with E-state index in [4.69, 9.17) is 4.74 Å². The summed E-state index contributed by atoms with van der Waals surface area (Å²) in [6, 6.07) is 14.2. The number of ether oxygens (including phenoxy) is 1. The molecular weight excluding hydrogens is 369 g/mol. The molecule has 0 aliphatic rings. The van der Waals surface area contributed by atoms with E-state index in [0.717, 1.165) is 22.2 Å². The molecule has 27 heavy (non-hydrogen) atoms. The number of carboxylic acid groups (broad SMARTS) is 1. The number of methoxy groups -OCH3 is 1. The van der Waals surface area contributed by atoms with Gasteiger partial charge in [0.2, 0.25) is 0 Å². The van der Waals surface area contributed by atoms with Crippen LogP contribution in [0.25, 0.3) is 10.9 Å². The molecule has 0 saturated carbocycles. The van der Waals surface area contributed by atoms with Crippen molar-refractivity contribution in [3.05, 3.63) is 59.3 Å². The van der Waals surface area contributed by atoms with Crippen molar-refractivity contribution < 1.29 is 44.2 Å². The molecule has 0 amide bonds. The number of nitrogens with zero attached hydrogens (tertiary/aromatic N) is 1. The van der Waals surface area contributed by atoms with Crippen LogP contribution in [0.5, 0.6) is 5.75 Å². The molecule has 0 fully saturated rings. The number of hydrogen-bond acceptors (Lipinski definition) is 4. The molecule has 136 valence electrons. The zero-order chi connectivity index (χ0) is 18.8. The maximum absolute atomic E-state index is 11.5. The van der Waals surface area contributed by atoms with Gasteiger partial charge in [0.25, 0.3) is 0 Å². The predicted molar refractivity (Wildman–Crippen MR) is 104 cm³/mol. The molecule has 0 N–H and O–H groups in total. The van der Waals surface area contributed by atoms with Crippen LogP contribution in [0.2, 0.25) is 0 Å². The molecule has 4 nitrogen and oxygen atoms in total. The quantitative estimate of drug-likeness (QED) is 0.456. The number of fused-ring (bicyclic) bond motifs is 1. The minimum Gasteiger partial charge on any atom is -0.550 e. The van der Waals surface area contributed by atoms with E-state index < -0.39 is 11.9 Å². The predicted octanol–water partition coefficient (Wildman–Crippen LogP) is 0.586. The van der Waals surface area contributed by atoms with Crippen molar-refractivity contribution in [2.24, 2.45) is 0 Å². The van der Waals surface area contributed by atoms with Gasteiger partial charge in [-0.15, -0.1) is 11.8 Å². The van der Waals surface area contributed by atoms with E-state index in [9.17, 15) is 9.90 Å². The third-order valence-corrected chi connectivity index (χ3v) is 5.61. The van der Waals surface area contributed by atoms with Crippen molar-refractivity contribution in [2.75, 3.05) is 13.4 Å². The minimum absolute atomic E-state index is 0. The Morgan fingerprint density at radius 3 is 2.44 bits per heavy atom. The van der Waals surface area contributed by atoms with Crippen LogP contribution < -0.4 is 39.4 Å². The fourth-order valence-corrected chi connectivity index (χ4v) is 3.80. The van der Waals surface area contributed by atoms with E-state index in [1.807, 2.05) is 25.1 Å². The van der Waals surface area contributed by atoms with Crippen LogP contribution in [0.4, 0.5) is 0 Å². The smallest absolute Gasteiger partial charge is 0.550 e. The molecule has 0 saturated heterocycles. The fourth-order valence-electron chi connectivity index (χ4n) is 3.40. The molecule has 1 atom stereocenters. The van der Waals surface area contributed by atoms with E-state index >= 15 is 0 Å². The Hall–Kier alpha value is -1.40. The van der Waals surface area contributed by atoms with Gasteiger partial charge in [0.15, 0.2) is 0 Å². The van der Waals surface area contributed by atoms with E-state index in [0.29, 0.717) is 12.3 Å². The maximum Gasteiger partial charge on any atom is 1.00 e. The molecule has 1 heterocycles. The molecule has 1 aromatic heterocycles. The fraction of sp³-hybridized carbons (Fsp3) is 0.286. The number of carboxylic acids is 1. The number of carbonyl (C=O) groups is 1. The number of rotatable bonds is 6. The number of aliphatic carboxylic acids is 1. The topological polar surface area (TPSA) is 54.3 Å². The first-order chi connectivity index (χ1) is 12.5. The van der Waals surface area contributed by atoms with Crippen LogP contribution in [0.15, 0.2) is 47.4 Å². The molecular formula is C21H22NNaO3S. The Balaban J connectivity index is 0.00000261. The second-order valence-electron chi connectivity index (χ2n) is 6.36. The zero-order valence-corrected chi connectivity index (χ0v) is 19.2. The van der Waals surface area contributed by atoms with Gasteiger partial charge in [0.1, 0.15) is 5.75 Å². The van der Waals surface area contributed by atoms with Crippen molar-refractivity contribution >= 4 is 28.6 Å². The van der Waals surface area contributed by atoms with Gasteiger partial charge in [0.05, 0.1) is 7.11 Å². The number of carbonyl (C=O) groups excluding carboxylic acids is 1. The first kappa shape index (κ1) is 21.9. The molecule has 3 rings (SSSR count). The summed E-state index contributed by atoms with van der Waals surface area (Å²) in [4.78, 5) is 12.8. The standard InChI is InChI=1S/C21H23NO3S.Na/c1-13(21(23)24)20-14(2)22(12-15-5-8-17(26-4)9-6-15)19-10-7-16(25-3)11-18(19)20;/h5-11,13H,12H2,1-4H3,(H,23,24);/q;+1/p-1. The third-order valence-electron chi connectivity index (χ3n) is 4.87. The number of aromatic nitrogens is 1. The van der Waals surface area contributed by atoms with E-state index in [-0.39, 0.29) is 29.6 Å². The number of benzene rings is 2. The summed E-state index contributed by atoms with van der Waals surface area (Å²) < 4.78 is 7.50. The summed E-state index contributed by atoms with van der Waals surface area (Å²) in [7, 11) is 1.61. The van der Waals surface area contributed by atoms with Gasteiger partial charge in [-0.1, -0.05) is 19.1 Å². The Bertz CT molecular complexity index is 950. The largest absolute Gasteiger partial charge is 1.00 e. The van der Waals surface area contributed by atoms with Gasteiger partial charge in [-0.2, -0.15) is 0 Å². The Kier molecular flexibility index (Phi) is 7.46. The summed E-state index contributed by atoms with van der Waals surface area (Å²) in [6.45, 7) is 4.33. The number of thioether (sulfide) groups is 1.